The lowest BCUT2D eigenvalue weighted by Crippen LogP contribution is -2.61. The van der Waals surface area contributed by atoms with E-state index in [9.17, 15) is 58.2 Å². The molecule has 1 aromatic carbocycles. The second-order valence-electron chi connectivity index (χ2n) is 19.6. The molecule has 3 unspecified atom stereocenters. The number of nitrogens with one attached hydrogen (secondary N) is 11. The van der Waals surface area contributed by atoms with E-state index in [4.69, 9.17) is 22.9 Å². The SMILES string of the molecule is CCNC(=O)[C@@H](NC(=O)[C@H](CCN)NC(=O)C(CCN)NC(=O)[C@H](CC(C)C)NC(=O)[C@@H](Cc1ccccc1)NC(=O)[C@H](CCN)NC(=O)[C@H](C)NC(=O)[C@H](CCN)NC(=O)[C@@H](NC(=O)C1CCNCC1)C(C)O)C(C)O. The van der Waals surface area contributed by atoms with Crippen LogP contribution in [-0.4, -0.2) is 182 Å². The molecule has 434 valence electrons. The number of hydrogen-bond donors (Lipinski definition) is 17. The molecule has 0 aromatic heterocycles. The topological polar surface area (TPSA) is 448 Å². The summed E-state index contributed by atoms with van der Waals surface area (Å²) in [5.74, 6) is -8.25. The summed E-state index contributed by atoms with van der Waals surface area (Å²) in [6.45, 7) is 10.3. The first-order valence-electron chi connectivity index (χ1n) is 26.4. The number of aliphatic hydroxyl groups excluding tert-OH is 2. The zero-order valence-corrected chi connectivity index (χ0v) is 45.3. The molecule has 1 aliphatic rings. The predicted molar refractivity (Wildman–Crippen MR) is 285 cm³/mol. The highest BCUT2D eigenvalue weighted by Crippen LogP contribution is 2.14. The Morgan fingerprint density at radius 1 is 0.506 bits per heavy atom. The molecule has 11 atom stereocenters. The molecule has 27 heteroatoms. The van der Waals surface area contributed by atoms with Crippen molar-refractivity contribution in [3.8, 4) is 0 Å². The summed E-state index contributed by atoms with van der Waals surface area (Å²) >= 11 is 0. The molecule has 1 aliphatic heterocycles. The third-order valence-corrected chi connectivity index (χ3v) is 12.5. The zero-order valence-electron chi connectivity index (χ0n) is 45.3. The minimum Gasteiger partial charge on any atom is -0.391 e. The summed E-state index contributed by atoms with van der Waals surface area (Å²) in [5.41, 5.74) is 23.9. The van der Waals surface area contributed by atoms with Gasteiger partial charge in [0.2, 0.25) is 59.1 Å². The van der Waals surface area contributed by atoms with Crippen molar-refractivity contribution in [3.63, 3.8) is 0 Å². The molecule has 77 heavy (non-hydrogen) atoms. The van der Waals surface area contributed by atoms with Crippen LogP contribution in [0, 0.1) is 11.8 Å². The number of benzene rings is 1. The predicted octanol–water partition coefficient (Wildman–Crippen LogP) is -6.05. The standard InChI is InChI=1S/C50H87N15O12/c1-7-56-49(76)39(29(5)66)65-46(73)36(16-22-54)59-44(71)35(15-21-53)60-47(74)37(25-27(2)3)62-48(75)38(26-31-11-9-8-10-12-31)63-45(72)34(14-20-52)58-41(68)28(4)57-43(70)33(13-19-51)61-50(77)40(30(6)67)64-42(69)32-17-23-55-24-18-32/h8-12,27-30,32-40,55,66-67H,7,13-26,51-54H2,1-6H3,(H,56,76)(H,57,70)(H,58,68)(H,59,71)(H,60,74)(H,61,77)(H,62,75)(H,63,72)(H,64,69)(H,65,73)/t28-,29?,30?,33-,34-,35?,36-,37-,38+,39-,40-/m0/s1. The number of carbonyl (C=O) groups is 10. The van der Waals surface area contributed by atoms with Crippen molar-refractivity contribution in [1.29, 1.82) is 0 Å². The van der Waals surface area contributed by atoms with Crippen molar-refractivity contribution in [2.75, 3.05) is 45.8 Å². The molecule has 2 rings (SSSR count). The average Bonchev–Trinajstić information content (AvgIpc) is 3.38. The van der Waals surface area contributed by atoms with Gasteiger partial charge in [0.05, 0.1) is 12.2 Å². The first-order chi connectivity index (χ1) is 36.5. The molecule has 27 nitrogen and oxygen atoms in total. The maximum Gasteiger partial charge on any atom is 0.245 e. The van der Waals surface area contributed by atoms with Gasteiger partial charge in [-0.15, -0.1) is 0 Å². The monoisotopic (exact) mass is 1090 g/mol. The quantitative estimate of drug-likeness (QED) is 0.0305. The number of likely N-dealkylation sites (N-methyl/N-ethyl adjacent to an activating group) is 1. The van der Waals surface area contributed by atoms with E-state index in [1.54, 1.807) is 51.1 Å². The minimum absolute atomic E-state index is 0.0564. The van der Waals surface area contributed by atoms with Gasteiger partial charge in [-0.2, -0.15) is 0 Å². The van der Waals surface area contributed by atoms with Crippen molar-refractivity contribution in [3.05, 3.63) is 35.9 Å². The van der Waals surface area contributed by atoms with E-state index in [2.05, 4.69) is 58.5 Å². The first-order valence-corrected chi connectivity index (χ1v) is 26.4. The third kappa shape index (κ3) is 23.4. The molecule has 0 aliphatic carbocycles. The highest BCUT2D eigenvalue weighted by molar-refractivity contribution is 5.98. The second-order valence-corrected chi connectivity index (χ2v) is 19.6. The molecular weight excluding hydrogens is 1000 g/mol. The normalized spacial score (nSPS) is 16.9. The van der Waals surface area contributed by atoms with Gasteiger partial charge >= 0.3 is 0 Å². The van der Waals surface area contributed by atoms with Gasteiger partial charge in [-0.05, 0) is 123 Å². The fourth-order valence-corrected chi connectivity index (χ4v) is 8.23. The molecule has 0 bridgehead atoms. The van der Waals surface area contributed by atoms with Crippen LogP contribution in [0.25, 0.3) is 0 Å². The molecule has 1 heterocycles. The van der Waals surface area contributed by atoms with Gasteiger partial charge in [-0.1, -0.05) is 44.2 Å². The number of amides is 10. The molecule has 1 fully saturated rings. The van der Waals surface area contributed by atoms with Gasteiger partial charge < -0.3 is 91.6 Å². The summed E-state index contributed by atoms with van der Waals surface area (Å²) in [5, 5.41) is 49.4. The Kier molecular flexibility index (Phi) is 30.5. The molecule has 1 saturated heterocycles. The largest absolute Gasteiger partial charge is 0.391 e. The van der Waals surface area contributed by atoms with Gasteiger partial charge in [0, 0.05) is 18.9 Å². The first kappa shape index (κ1) is 66.8. The highest BCUT2D eigenvalue weighted by Gasteiger charge is 2.36. The highest BCUT2D eigenvalue weighted by atomic mass is 16.3. The Morgan fingerprint density at radius 2 is 0.896 bits per heavy atom. The molecule has 21 N–H and O–H groups in total. The summed E-state index contributed by atoms with van der Waals surface area (Å²) < 4.78 is 0. The van der Waals surface area contributed by atoms with Crippen LogP contribution >= 0.6 is 0 Å². The van der Waals surface area contributed by atoms with Crippen LogP contribution in [0.5, 0.6) is 0 Å². The molecule has 0 radical (unpaired) electrons. The van der Waals surface area contributed by atoms with Crippen LogP contribution in [0.1, 0.15) is 92.1 Å². The van der Waals surface area contributed by atoms with Crippen molar-refractivity contribution < 1.29 is 58.2 Å². The lowest BCUT2D eigenvalue weighted by Gasteiger charge is -2.29. The maximum atomic E-state index is 14.3. The van der Waals surface area contributed by atoms with E-state index in [-0.39, 0.29) is 83.1 Å². The van der Waals surface area contributed by atoms with Crippen LogP contribution in [0.15, 0.2) is 30.3 Å². The van der Waals surface area contributed by atoms with Crippen LogP contribution < -0.4 is 81.4 Å². The lowest BCUT2D eigenvalue weighted by atomic mass is 9.96. The summed E-state index contributed by atoms with van der Waals surface area (Å²) in [7, 11) is 0. The van der Waals surface area contributed by atoms with Crippen LogP contribution in [0.4, 0.5) is 0 Å². The number of rotatable bonds is 34. The average molecular weight is 1090 g/mol. The summed E-state index contributed by atoms with van der Waals surface area (Å²) in [6.07, 6.45) is -1.98. The zero-order chi connectivity index (χ0) is 57.8. The Bertz CT molecular complexity index is 2080. The lowest BCUT2D eigenvalue weighted by molar-refractivity contribution is -0.137. The Labute approximate surface area is 450 Å². The van der Waals surface area contributed by atoms with Gasteiger partial charge in [0.15, 0.2) is 0 Å². The van der Waals surface area contributed by atoms with Crippen LogP contribution in [0.3, 0.4) is 0 Å². The maximum absolute atomic E-state index is 14.3. The molecular formula is C50H87N15O12. The Balaban J connectivity index is 2.29. The number of piperidine rings is 1. The fraction of sp³-hybridized carbons (Fsp3) is 0.680. The smallest absolute Gasteiger partial charge is 0.245 e. The van der Waals surface area contributed by atoms with Crippen LogP contribution in [0.2, 0.25) is 0 Å². The van der Waals surface area contributed by atoms with Gasteiger partial charge in [0.1, 0.15) is 54.4 Å². The van der Waals surface area contributed by atoms with Crippen molar-refractivity contribution >= 4 is 59.1 Å². The molecule has 0 saturated carbocycles. The van der Waals surface area contributed by atoms with E-state index in [0.717, 1.165) is 0 Å². The molecule has 10 amide bonds. The van der Waals surface area contributed by atoms with E-state index in [1.165, 1.54) is 20.8 Å². The van der Waals surface area contributed by atoms with E-state index >= 15 is 0 Å². The summed E-state index contributed by atoms with van der Waals surface area (Å²) in [6, 6.07) is -3.37. The van der Waals surface area contributed by atoms with Crippen molar-refractivity contribution in [1.82, 2.24) is 58.5 Å². The van der Waals surface area contributed by atoms with E-state index < -0.39 is 126 Å². The Hall–Kier alpha value is -6.36. The molecule has 1 aromatic rings. The van der Waals surface area contributed by atoms with E-state index in [1.807, 2.05) is 0 Å². The van der Waals surface area contributed by atoms with Crippen LogP contribution in [-0.2, 0) is 54.4 Å². The number of nitrogens with two attached hydrogens (primary N) is 4. The number of hydrogen-bond acceptors (Lipinski definition) is 17. The van der Waals surface area contributed by atoms with E-state index in [0.29, 0.717) is 31.5 Å². The molecule has 0 spiro atoms. The van der Waals surface area contributed by atoms with Crippen molar-refractivity contribution in [2.45, 2.75) is 159 Å². The van der Waals surface area contributed by atoms with Gasteiger partial charge in [-0.25, -0.2) is 0 Å². The minimum atomic E-state index is -1.40. The summed E-state index contributed by atoms with van der Waals surface area (Å²) in [4.78, 5) is 136. The fourth-order valence-electron chi connectivity index (χ4n) is 8.23. The van der Waals surface area contributed by atoms with Gasteiger partial charge in [-0.3, -0.25) is 47.9 Å². The number of carbonyl (C=O) groups excluding carboxylic acids is 10. The second kappa shape index (κ2) is 35.1. The van der Waals surface area contributed by atoms with Crippen molar-refractivity contribution in [2.24, 2.45) is 34.8 Å². The Morgan fingerprint density at radius 3 is 1.35 bits per heavy atom. The van der Waals surface area contributed by atoms with Gasteiger partial charge in [0.25, 0.3) is 0 Å². The number of aliphatic hydroxyl groups is 2. The third-order valence-electron chi connectivity index (χ3n) is 12.5.